The molecule has 0 fully saturated rings. The Balaban J connectivity index is 2.22. The molecule has 0 aliphatic heterocycles. The first-order valence-electron chi connectivity index (χ1n) is 8.42. The molecule has 1 aromatic carbocycles. The highest BCUT2D eigenvalue weighted by molar-refractivity contribution is 6.74. The number of ketones is 1. The van der Waals surface area contributed by atoms with E-state index in [2.05, 4.69) is 57.8 Å². The van der Waals surface area contributed by atoms with Crippen LogP contribution in [-0.2, 0) is 15.6 Å². The first-order valence-corrected chi connectivity index (χ1v) is 11.3. The van der Waals surface area contributed by atoms with Crippen molar-refractivity contribution in [2.24, 2.45) is 0 Å². The Labute approximate surface area is 142 Å². The summed E-state index contributed by atoms with van der Waals surface area (Å²) >= 11 is 0. The fraction of sp³-hybridized carbons (Fsp3) is 0.550. The molecule has 0 atom stereocenters. The van der Waals surface area contributed by atoms with Crippen molar-refractivity contribution in [3.05, 3.63) is 35.9 Å². The van der Waals surface area contributed by atoms with Gasteiger partial charge in [-0.3, -0.25) is 4.79 Å². The van der Waals surface area contributed by atoms with Crippen molar-refractivity contribution in [3.63, 3.8) is 0 Å². The van der Waals surface area contributed by atoms with Gasteiger partial charge in [0, 0.05) is 19.4 Å². The molecule has 0 heterocycles. The summed E-state index contributed by atoms with van der Waals surface area (Å²) in [7, 11) is -1.69. The average Bonchev–Trinajstić information content (AvgIpc) is 2.46. The number of aryl methyl sites for hydroxylation is 1. The van der Waals surface area contributed by atoms with Crippen LogP contribution in [-0.4, -0.2) is 20.7 Å². The quantitative estimate of drug-likeness (QED) is 0.304. The second kappa shape index (κ2) is 9.05. The third kappa shape index (κ3) is 7.63. The lowest BCUT2D eigenvalue weighted by Gasteiger charge is -2.35. The standard InChI is InChI=1S/C20H30O2Si/c1-20(2,3)23(4,5)22-17-10-9-15-19(21)16-11-14-18-12-7-6-8-13-18/h6-8,12-13H,10-11,14,16-17H2,1-5H3. The first kappa shape index (κ1) is 19.7. The Morgan fingerprint density at radius 1 is 1.17 bits per heavy atom. The molecule has 0 aliphatic carbocycles. The number of benzene rings is 1. The van der Waals surface area contributed by atoms with E-state index >= 15 is 0 Å². The van der Waals surface area contributed by atoms with Crippen LogP contribution in [0.1, 0.15) is 45.6 Å². The van der Waals surface area contributed by atoms with Gasteiger partial charge in [0.1, 0.15) is 0 Å². The minimum absolute atomic E-state index is 0.0354. The maximum absolute atomic E-state index is 11.7. The lowest BCUT2D eigenvalue weighted by atomic mass is 10.1. The van der Waals surface area contributed by atoms with Gasteiger partial charge in [-0.25, -0.2) is 0 Å². The lowest BCUT2D eigenvalue weighted by Crippen LogP contribution is -2.40. The van der Waals surface area contributed by atoms with Crippen LogP contribution in [0.25, 0.3) is 0 Å². The fourth-order valence-electron chi connectivity index (χ4n) is 1.90. The van der Waals surface area contributed by atoms with Gasteiger partial charge in [0.25, 0.3) is 0 Å². The molecular formula is C20H30O2Si. The second-order valence-corrected chi connectivity index (χ2v) is 12.2. The van der Waals surface area contributed by atoms with Crippen LogP contribution >= 0.6 is 0 Å². The summed E-state index contributed by atoms with van der Waals surface area (Å²) in [5.74, 6) is 5.73. The van der Waals surface area contributed by atoms with E-state index in [1.165, 1.54) is 5.56 Å². The van der Waals surface area contributed by atoms with Crippen molar-refractivity contribution in [3.8, 4) is 11.8 Å². The fourth-order valence-corrected chi connectivity index (χ4v) is 2.94. The van der Waals surface area contributed by atoms with Crippen LogP contribution < -0.4 is 0 Å². The molecule has 3 heteroatoms. The summed E-state index contributed by atoms with van der Waals surface area (Å²) in [4.78, 5) is 11.7. The normalized spacial score (nSPS) is 11.7. The van der Waals surface area contributed by atoms with Gasteiger partial charge >= 0.3 is 0 Å². The van der Waals surface area contributed by atoms with Gasteiger partial charge in [0.05, 0.1) is 0 Å². The number of hydrogen-bond acceptors (Lipinski definition) is 2. The summed E-state index contributed by atoms with van der Waals surface area (Å²) in [5.41, 5.74) is 1.27. The van der Waals surface area contributed by atoms with Crippen molar-refractivity contribution in [2.75, 3.05) is 6.61 Å². The number of carbonyl (C=O) groups excluding carboxylic acids is 1. The van der Waals surface area contributed by atoms with E-state index in [0.29, 0.717) is 19.4 Å². The third-order valence-electron chi connectivity index (χ3n) is 4.44. The zero-order chi connectivity index (χ0) is 17.3. The minimum atomic E-state index is -1.69. The van der Waals surface area contributed by atoms with Crippen LogP contribution in [0.3, 0.4) is 0 Å². The van der Waals surface area contributed by atoms with E-state index in [1.54, 1.807) is 0 Å². The van der Waals surface area contributed by atoms with Crippen molar-refractivity contribution in [1.82, 2.24) is 0 Å². The van der Waals surface area contributed by atoms with Crippen LogP contribution in [0.2, 0.25) is 18.1 Å². The van der Waals surface area contributed by atoms with Crippen molar-refractivity contribution >= 4 is 14.1 Å². The Kier molecular flexibility index (Phi) is 7.74. The molecular weight excluding hydrogens is 300 g/mol. The predicted molar refractivity (Wildman–Crippen MR) is 99.9 cm³/mol. The number of hydrogen-bond donors (Lipinski definition) is 0. The van der Waals surface area contributed by atoms with Gasteiger partial charge in [0.2, 0.25) is 5.78 Å². The Morgan fingerprint density at radius 2 is 1.83 bits per heavy atom. The van der Waals surface area contributed by atoms with Gasteiger partial charge in [-0.15, -0.1) is 0 Å². The summed E-state index contributed by atoms with van der Waals surface area (Å²) in [6.07, 6.45) is 2.96. The molecule has 0 aromatic heterocycles. The molecule has 0 saturated heterocycles. The average molecular weight is 331 g/mol. The molecule has 0 bridgehead atoms. The van der Waals surface area contributed by atoms with Gasteiger partial charge in [-0.05, 0) is 42.5 Å². The maximum Gasteiger partial charge on any atom is 0.205 e. The summed E-state index contributed by atoms with van der Waals surface area (Å²) < 4.78 is 6.04. The molecule has 2 nitrogen and oxygen atoms in total. The molecule has 1 aromatic rings. The second-order valence-electron chi connectivity index (χ2n) is 7.42. The highest BCUT2D eigenvalue weighted by Crippen LogP contribution is 2.36. The van der Waals surface area contributed by atoms with Crippen LogP contribution in [0.15, 0.2) is 30.3 Å². The number of carbonyl (C=O) groups is 1. The zero-order valence-electron chi connectivity index (χ0n) is 15.2. The van der Waals surface area contributed by atoms with Crippen molar-refractivity contribution in [2.45, 2.75) is 64.6 Å². The topological polar surface area (TPSA) is 26.3 Å². The van der Waals surface area contributed by atoms with E-state index < -0.39 is 8.32 Å². The Bertz CT molecular complexity index is 544. The Hall–Kier alpha value is -1.37. The van der Waals surface area contributed by atoms with Crippen molar-refractivity contribution < 1.29 is 9.22 Å². The summed E-state index contributed by atoms with van der Waals surface area (Å²) in [6.45, 7) is 11.8. The highest BCUT2D eigenvalue weighted by Gasteiger charge is 2.36. The van der Waals surface area contributed by atoms with Gasteiger partial charge in [-0.1, -0.05) is 57.0 Å². The minimum Gasteiger partial charge on any atom is -0.416 e. The van der Waals surface area contributed by atoms with E-state index in [-0.39, 0.29) is 10.8 Å². The van der Waals surface area contributed by atoms with Gasteiger partial charge in [0.15, 0.2) is 8.32 Å². The molecule has 0 radical (unpaired) electrons. The summed E-state index contributed by atoms with van der Waals surface area (Å²) in [6, 6.07) is 10.2. The molecule has 0 unspecified atom stereocenters. The third-order valence-corrected chi connectivity index (χ3v) is 8.97. The van der Waals surface area contributed by atoms with E-state index in [4.69, 9.17) is 4.43 Å². The van der Waals surface area contributed by atoms with Gasteiger partial charge in [-0.2, -0.15) is 0 Å². The molecule has 0 saturated carbocycles. The van der Waals surface area contributed by atoms with Gasteiger partial charge < -0.3 is 4.43 Å². The van der Waals surface area contributed by atoms with Crippen LogP contribution in [0, 0.1) is 11.8 Å². The monoisotopic (exact) mass is 330 g/mol. The van der Waals surface area contributed by atoms with Crippen LogP contribution in [0.4, 0.5) is 0 Å². The smallest absolute Gasteiger partial charge is 0.205 e. The van der Waals surface area contributed by atoms with Crippen molar-refractivity contribution in [1.29, 1.82) is 0 Å². The van der Waals surface area contributed by atoms with E-state index in [0.717, 1.165) is 12.8 Å². The number of rotatable bonds is 7. The molecule has 0 amide bonds. The molecule has 1 rings (SSSR count). The maximum atomic E-state index is 11.7. The van der Waals surface area contributed by atoms with E-state index in [9.17, 15) is 4.79 Å². The first-order chi connectivity index (χ1) is 10.7. The lowest BCUT2D eigenvalue weighted by molar-refractivity contribution is -0.113. The molecule has 0 aliphatic rings. The molecule has 0 spiro atoms. The molecule has 23 heavy (non-hydrogen) atoms. The Morgan fingerprint density at radius 3 is 2.43 bits per heavy atom. The predicted octanol–water partition coefficient (Wildman–Crippen LogP) is 4.99. The molecule has 0 N–H and O–H groups in total. The number of Topliss-reactive ketones (excluding diaryl/α,β-unsaturated/α-hetero) is 1. The highest BCUT2D eigenvalue weighted by atomic mass is 28.4. The summed E-state index contributed by atoms with van der Waals surface area (Å²) in [5, 5.41) is 0.216. The van der Waals surface area contributed by atoms with E-state index in [1.807, 2.05) is 18.2 Å². The molecule has 126 valence electrons. The SMILES string of the molecule is CC(C)(C)[Si](C)(C)OCCC#CC(=O)CCCc1ccccc1. The zero-order valence-corrected chi connectivity index (χ0v) is 16.2. The largest absolute Gasteiger partial charge is 0.416 e. The van der Waals surface area contributed by atoms with Crippen LogP contribution in [0.5, 0.6) is 0 Å².